The largest absolute Gasteiger partial charge is 0.741 e. The molecule has 0 aromatic carbocycles. The maximum absolute atomic E-state index is 11.8. The van der Waals surface area contributed by atoms with Crippen LogP contribution in [0.5, 0.6) is 0 Å². The summed E-state index contributed by atoms with van der Waals surface area (Å²) in [5.41, 5.74) is -5.65. The average Bonchev–Trinajstić information content (AvgIpc) is 2.20. The highest BCUT2D eigenvalue weighted by molar-refractivity contribution is 7.86. The summed E-state index contributed by atoms with van der Waals surface area (Å²) in [6.45, 7) is 1.90. The monoisotopic (exact) mass is 334 g/mol. The Morgan fingerprint density at radius 2 is 1.55 bits per heavy atom. The number of rotatable bonds is 5. The van der Waals surface area contributed by atoms with Crippen LogP contribution in [0.1, 0.15) is 6.92 Å². The second kappa shape index (κ2) is 8.64. The summed E-state index contributed by atoms with van der Waals surface area (Å²) in [7, 11) is -4.62. The van der Waals surface area contributed by atoms with Gasteiger partial charge in [0.05, 0.1) is 13.2 Å². The molecule has 0 radical (unpaired) electrons. The summed E-state index contributed by atoms with van der Waals surface area (Å²) < 4.78 is 99.1. The molecule has 0 unspecified atom stereocenters. The Balaban J connectivity index is 0. The minimum absolute atomic E-state index is 0.326. The number of hydrogen-bond donors (Lipinski definition) is 0. The van der Waals surface area contributed by atoms with Gasteiger partial charge in [-0.3, -0.25) is 4.90 Å². The van der Waals surface area contributed by atoms with Gasteiger partial charge in [-0.1, -0.05) is 6.92 Å². The van der Waals surface area contributed by atoms with Gasteiger partial charge in [0.1, 0.15) is 0 Å². The van der Waals surface area contributed by atoms with Crippen LogP contribution in [-0.2, 0) is 14.9 Å². The lowest BCUT2D eigenvalue weighted by Gasteiger charge is -2.21. The summed E-state index contributed by atoms with van der Waals surface area (Å²) in [6, 6.07) is 0. The quantitative estimate of drug-likeness (QED) is 0.434. The van der Waals surface area contributed by atoms with Crippen molar-refractivity contribution in [3.05, 3.63) is 0 Å². The second-order valence-electron chi connectivity index (χ2n) is 3.38. The number of methoxy groups -OCH3 is 1. The minimum atomic E-state index is -6.09. The van der Waals surface area contributed by atoms with Gasteiger partial charge in [0.25, 0.3) is 0 Å². The van der Waals surface area contributed by atoms with Gasteiger partial charge in [-0.15, -0.1) is 0 Å². The van der Waals surface area contributed by atoms with Crippen LogP contribution in [0.15, 0.2) is 0 Å². The maximum atomic E-state index is 11.8. The Bertz CT molecular complexity index is 353. The molecule has 0 spiro atoms. The Morgan fingerprint density at radius 1 is 1.15 bits per heavy atom. The van der Waals surface area contributed by atoms with Crippen LogP contribution in [0.3, 0.4) is 0 Å². The first-order valence-corrected chi connectivity index (χ1v) is 6.45. The zero-order chi connectivity index (χ0) is 16.6. The molecule has 0 atom stereocenters. The standard InChI is InChI=1S/C7H14F3NO.CHF3O3S/c1-3-11(4-5-12-2)6-7(8,9)10;2-1(3,4)8(5,6)7/h3-6H2,1-2H3;(H,5,6,7)/p-1. The highest BCUT2D eigenvalue weighted by Crippen LogP contribution is 2.20. The Labute approximate surface area is 112 Å². The summed E-state index contributed by atoms with van der Waals surface area (Å²) in [4.78, 5) is 1.30. The lowest BCUT2D eigenvalue weighted by atomic mass is 10.4. The zero-order valence-corrected chi connectivity index (χ0v) is 11.4. The first-order valence-electron chi connectivity index (χ1n) is 5.04. The number of ether oxygens (including phenoxy) is 1. The maximum Gasteiger partial charge on any atom is 0.485 e. The molecular formula is C8H14F6NO4S-. The van der Waals surface area contributed by atoms with Crippen molar-refractivity contribution >= 4 is 10.1 Å². The predicted octanol–water partition coefficient (Wildman–Crippen LogP) is 1.57. The van der Waals surface area contributed by atoms with Crippen molar-refractivity contribution in [3.8, 4) is 0 Å². The Hall–Kier alpha value is -0.590. The van der Waals surface area contributed by atoms with E-state index in [1.807, 2.05) is 0 Å². The topological polar surface area (TPSA) is 69.7 Å². The van der Waals surface area contributed by atoms with E-state index < -0.39 is 28.3 Å². The SMILES string of the molecule is CCN(CCOC)CC(F)(F)F.O=S(=O)([O-])C(F)(F)F. The van der Waals surface area contributed by atoms with Crippen molar-refractivity contribution in [1.29, 1.82) is 0 Å². The van der Waals surface area contributed by atoms with Crippen molar-refractivity contribution in [2.75, 3.05) is 33.4 Å². The van der Waals surface area contributed by atoms with E-state index in [0.717, 1.165) is 0 Å². The molecule has 0 bridgehead atoms. The predicted molar refractivity (Wildman–Crippen MR) is 55.8 cm³/mol. The first-order chi connectivity index (χ1) is 8.74. The molecule has 0 fully saturated rings. The lowest BCUT2D eigenvalue weighted by Crippen LogP contribution is -2.36. The summed E-state index contributed by atoms with van der Waals surface area (Å²) in [5.74, 6) is 0. The van der Waals surface area contributed by atoms with Crippen LogP contribution in [0, 0.1) is 0 Å². The van der Waals surface area contributed by atoms with E-state index in [1.165, 1.54) is 12.0 Å². The average molecular weight is 334 g/mol. The molecule has 0 aromatic rings. The van der Waals surface area contributed by atoms with E-state index in [2.05, 4.69) is 4.74 Å². The molecule has 0 heterocycles. The van der Waals surface area contributed by atoms with Gasteiger partial charge in [0.15, 0.2) is 10.1 Å². The normalized spacial score (nSPS) is 13.1. The second-order valence-corrected chi connectivity index (χ2v) is 4.75. The smallest absolute Gasteiger partial charge is 0.485 e. The summed E-state index contributed by atoms with van der Waals surface area (Å²) in [5, 5.41) is 0. The van der Waals surface area contributed by atoms with Crippen molar-refractivity contribution in [2.24, 2.45) is 0 Å². The minimum Gasteiger partial charge on any atom is -0.741 e. The van der Waals surface area contributed by atoms with Gasteiger partial charge in [0, 0.05) is 13.7 Å². The molecule has 0 saturated carbocycles. The molecule has 0 rings (SSSR count). The zero-order valence-electron chi connectivity index (χ0n) is 10.6. The Kier molecular flexibility index (Phi) is 9.38. The third-order valence-electron chi connectivity index (χ3n) is 1.75. The molecule has 20 heavy (non-hydrogen) atoms. The van der Waals surface area contributed by atoms with Crippen molar-refractivity contribution in [2.45, 2.75) is 18.6 Å². The van der Waals surface area contributed by atoms with Gasteiger partial charge in [-0.25, -0.2) is 8.42 Å². The van der Waals surface area contributed by atoms with E-state index in [1.54, 1.807) is 6.92 Å². The molecule has 0 saturated heterocycles. The van der Waals surface area contributed by atoms with Crippen LogP contribution < -0.4 is 0 Å². The molecule has 0 aliphatic heterocycles. The summed E-state index contributed by atoms with van der Waals surface area (Å²) >= 11 is 0. The molecule has 0 aliphatic rings. The molecule has 5 nitrogen and oxygen atoms in total. The van der Waals surface area contributed by atoms with Gasteiger partial charge in [-0.05, 0) is 6.54 Å². The third kappa shape index (κ3) is 12.4. The van der Waals surface area contributed by atoms with Gasteiger partial charge >= 0.3 is 11.7 Å². The number of alkyl halides is 6. The molecule has 0 aliphatic carbocycles. The molecule has 124 valence electrons. The molecular weight excluding hydrogens is 320 g/mol. The first kappa shape index (κ1) is 21.7. The van der Waals surface area contributed by atoms with Crippen LogP contribution in [0.2, 0.25) is 0 Å². The van der Waals surface area contributed by atoms with Crippen LogP contribution in [0.25, 0.3) is 0 Å². The van der Waals surface area contributed by atoms with E-state index in [4.69, 9.17) is 13.0 Å². The van der Waals surface area contributed by atoms with Crippen molar-refractivity contribution < 1.29 is 44.0 Å². The van der Waals surface area contributed by atoms with E-state index in [0.29, 0.717) is 19.7 Å². The fourth-order valence-electron chi connectivity index (χ4n) is 0.823. The van der Waals surface area contributed by atoms with Crippen molar-refractivity contribution in [3.63, 3.8) is 0 Å². The van der Waals surface area contributed by atoms with Crippen molar-refractivity contribution in [1.82, 2.24) is 4.90 Å². The van der Waals surface area contributed by atoms with E-state index in [-0.39, 0.29) is 0 Å². The number of hydrogen-bond acceptors (Lipinski definition) is 5. The van der Waals surface area contributed by atoms with Crippen LogP contribution >= 0.6 is 0 Å². The molecule has 12 heteroatoms. The lowest BCUT2D eigenvalue weighted by molar-refractivity contribution is -0.146. The number of likely N-dealkylation sites (N-methyl/N-ethyl adjacent to an activating group) is 1. The van der Waals surface area contributed by atoms with E-state index in [9.17, 15) is 26.3 Å². The summed E-state index contributed by atoms with van der Waals surface area (Å²) in [6.07, 6.45) is -4.11. The molecule has 0 amide bonds. The van der Waals surface area contributed by atoms with Crippen LogP contribution in [0.4, 0.5) is 26.3 Å². The highest BCUT2D eigenvalue weighted by atomic mass is 32.2. The fraction of sp³-hybridized carbons (Fsp3) is 1.00. The van der Waals surface area contributed by atoms with Gasteiger partial charge in [-0.2, -0.15) is 26.3 Å². The van der Waals surface area contributed by atoms with Crippen LogP contribution in [-0.4, -0.2) is 62.9 Å². The van der Waals surface area contributed by atoms with E-state index >= 15 is 0 Å². The van der Waals surface area contributed by atoms with Gasteiger partial charge < -0.3 is 9.29 Å². The fourth-order valence-corrected chi connectivity index (χ4v) is 0.823. The molecule has 0 N–H and O–H groups in total. The highest BCUT2D eigenvalue weighted by Gasteiger charge is 2.36. The number of nitrogens with zero attached hydrogens (tertiary/aromatic N) is 1. The number of halogens is 6. The van der Waals surface area contributed by atoms with Gasteiger partial charge in [0.2, 0.25) is 0 Å². The third-order valence-corrected chi connectivity index (χ3v) is 2.31. The Morgan fingerprint density at radius 3 is 1.75 bits per heavy atom. The molecule has 0 aromatic heterocycles.